The van der Waals surface area contributed by atoms with Crippen LogP contribution in [0, 0.1) is 0 Å². The predicted molar refractivity (Wildman–Crippen MR) is 38.2 cm³/mol. The molecule has 0 saturated carbocycles. The molecule has 0 saturated heterocycles. The Morgan fingerprint density at radius 3 is 2.44 bits per heavy atom. The van der Waals surface area contributed by atoms with Crippen molar-refractivity contribution in [2.45, 2.75) is 6.16 Å². The number of rotatable bonds is 2. The van der Waals surface area contributed by atoms with E-state index in [2.05, 4.69) is 0 Å². The summed E-state index contributed by atoms with van der Waals surface area (Å²) in [4.78, 5) is 0. The zero-order valence-corrected chi connectivity index (χ0v) is 5.81. The number of hydrogen-bond donors (Lipinski definition) is 0. The van der Waals surface area contributed by atoms with Crippen LogP contribution < -0.4 is 0 Å². The van der Waals surface area contributed by atoms with Gasteiger partial charge in [0, 0.05) is 6.16 Å². The molecule has 0 fully saturated rings. The van der Waals surface area contributed by atoms with Gasteiger partial charge in [0.05, 0.1) is 0 Å². The van der Waals surface area contributed by atoms with E-state index in [1.54, 1.807) is 0 Å². The van der Waals surface area contributed by atoms with Gasteiger partial charge in [0.25, 0.3) is 0 Å². The first-order chi connectivity index (χ1) is 4.43. The van der Waals surface area contributed by atoms with E-state index >= 15 is 0 Å². The molecule has 0 aromatic heterocycles. The van der Waals surface area contributed by atoms with Gasteiger partial charge in [0.15, 0.2) is 0 Å². The van der Waals surface area contributed by atoms with Crippen LogP contribution in [-0.4, -0.2) is 0 Å². The Bertz CT molecular complexity index is 162. The Kier molecular flexibility index (Phi) is 2.66. The van der Waals surface area contributed by atoms with Crippen molar-refractivity contribution in [3.8, 4) is 0 Å². The van der Waals surface area contributed by atoms with Gasteiger partial charge in [-0.3, -0.25) is 0 Å². The van der Waals surface area contributed by atoms with Crippen molar-refractivity contribution >= 4 is 8.89 Å². The second-order valence-corrected chi connectivity index (χ2v) is 2.32. The van der Waals surface area contributed by atoms with Crippen LogP contribution in [0.1, 0.15) is 5.56 Å². The van der Waals surface area contributed by atoms with E-state index < -0.39 is 0 Å². The summed E-state index contributed by atoms with van der Waals surface area (Å²) in [7, 11) is -0.0550. The van der Waals surface area contributed by atoms with Gasteiger partial charge < -0.3 is 0 Å². The first kappa shape index (κ1) is 6.70. The molecule has 1 radical (unpaired) electrons. The van der Waals surface area contributed by atoms with Crippen LogP contribution in [0.15, 0.2) is 30.3 Å². The number of halogens is 1. The van der Waals surface area contributed by atoms with Crippen molar-refractivity contribution < 1.29 is 4.20 Å². The lowest BCUT2D eigenvalue weighted by Gasteiger charge is -1.90. The third kappa shape index (κ3) is 2.11. The minimum absolute atomic E-state index is 0.0550. The first-order valence-corrected chi connectivity index (χ1v) is 3.72. The lowest BCUT2D eigenvalue weighted by molar-refractivity contribution is 0.911. The third-order valence-corrected chi connectivity index (χ3v) is 1.57. The van der Waals surface area contributed by atoms with Crippen LogP contribution >= 0.6 is 8.89 Å². The van der Waals surface area contributed by atoms with E-state index in [9.17, 15) is 4.20 Å². The minimum Gasteiger partial charge on any atom is -0.219 e. The van der Waals surface area contributed by atoms with Crippen LogP contribution in [0.3, 0.4) is 0 Å². The maximum Gasteiger partial charge on any atom is 0.144 e. The maximum absolute atomic E-state index is 11.7. The van der Waals surface area contributed by atoms with Gasteiger partial charge in [-0.1, -0.05) is 30.3 Å². The summed E-state index contributed by atoms with van der Waals surface area (Å²) < 4.78 is 11.7. The summed E-state index contributed by atoms with van der Waals surface area (Å²) in [6.07, 6.45) is 0.515. The normalized spacial score (nSPS) is 10.8. The molecule has 1 aromatic carbocycles. The quantitative estimate of drug-likeness (QED) is 0.555. The molecule has 1 rings (SSSR count). The van der Waals surface area contributed by atoms with Crippen LogP contribution in [0.4, 0.5) is 4.20 Å². The van der Waals surface area contributed by atoms with Crippen LogP contribution in [0.2, 0.25) is 0 Å². The fourth-order valence-corrected chi connectivity index (χ4v) is 1.00. The van der Waals surface area contributed by atoms with E-state index in [1.165, 1.54) is 0 Å². The highest BCUT2D eigenvalue weighted by Crippen LogP contribution is 2.17. The molecule has 0 atom stereocenters. The molecular formula is C7H7FP. The Balaban J connectivity index is 2.61. The molecule has 0 spiro atoms. The molecule has 0 nitrogen and oxygen atoms in total. The average Bonchev–Trinajstić information content (AvgIpc) is 1.91. The average molecular weight is 141 g/mol. The van der Waals surface area contributed by atoms with Crippen molar-refractivity contribution in [2.24, 2.45) is 0 Å². The topological polar surface area (TPSA) is 0 Å². The standard InChI is InChI=1S/C7H7FP/c8-9-6-7-4-2-1-3-5-7/h1-5H,6H2. The van der Waals surface area contributed by atoms with Crippen molar-refractivity contribution in [3.63, 3.8) is 0 Å². The summed E-state index contributed by atoms with van der Waals surface area (Å²) >= 11 is 0. The summed E-state index contributed by atoms with van der Waals surface area (Å²) in [5, 5.41) is 0. The monoisotopic (exact) mass is 141 g/mol. The molecule has 0 amide bonds. The van der Waals surface area contributed by atoms with E-state index in [-0.39, 0.29) is 8.89 Å². The zero-order chi connectivity index (χ0) is 6.53. The predicted octanol–water partition coefficient (Wildman–Crippen LogP) is 3.02. The lowest BCUT2D eigenvalue weighted by Crippen LogP contribution is -1.72. The molecule has 0 heterocycles. The SMILES string of the molecule is F[P]Cc1ccccc1. The van der Waals surface area contributed by atoms with Crippen molar-refractivity contribution in [2.75, 3.05) is 0 Å². The summed E-state index contributed by atoms with van der Waals surface area (Å²) in [5.74, 6) is 0. The van der Waals surface area contributed by atoms with Crippen molar-refractivity contribution in [1.82, 2.24) is 0 Å². The Hall–Kier alpha value is -0.420. The molecule has 0 aliphatic rings. The van der Waals surface area contributed by atoms with Crippen LogP contribution in [0.25, 0.3) is 0 Å². The van der Waals surface area contributed by atoms with Gasteiger partial charge in [-0.05, 0) is 5.56 Å². The first-order valence-electron chi connectivity index (χ1n) is 2.75. The Morgan fingerprint density at radius 2 is 1.89 bits per heavy atom. The van der Waals surface area contributed by atoms with Gasteiger partial charge in [-0.25, -0.2) is 4.20 Å². The maximum atomic E-state index is 11.7. The fraction of sp³-hybridized carbons (Fsp3) is 0.143. The highest BCUT2D eigenvalue weighted by atomic mass is 31.1. The van der Waals surface area contributed by atoms with Gasteiger partial charge in [0.1, 0.15) is 8.89 Å². The molecule has 9 heavy (non-hydrogen) atoms. The van der Waals surface area contributed by atoms with Crippen molar-refractivity contribution in [3.05, 3.63) is 35.9 Å². The van der Waals surface area contributed by atoms with Gasteiger partial charge in [0.2, 0.25) is 0 Å². The van der Waals surface area contributed by atoms with Crippen LogP contribution in [0.5, 0.6) is 0 Å². The highest BCUT2D eigenvalue weighted by Gasteiger charge is 1.88. The molecular weight excluding hydrogens is 134 g/mol. The van der Waals surface area contributed by atoms with Crippen molar-refractivity contribution in [1.29, 1.82) is 0 Å². The summed E-state index contributed by atoms with van der Waals surface area (Å²) in [5.41, 5.74) is 1.06. The fourth-order valence-electron chi connectivity index (χ4n) is 0.652. The van der Waals surface area contributed by atoms with E-state index in [1.807, 2.05) is 30.3 Å². The second-order valence-electron chi connectivity index (χ2n) is 1.76. The number of benzene rings is 1. The Morgan fingerprint density at radius 1 is 1.22 bits per heavy atom. The second kappa shape index (κ2) is 3.58. The van der Waals surface area contributed by atoms with E-state index in [4.69, 9.17) is 0 Å². The lowest BCUT2D eigenvalue weighted by atomic mass is 10.2. The molecule has 0 unspecified atom stereocenters. The molecule has 0 aliphatic carbocycles. The highest BCUT2D eigenvalue weighted by molar-refractivity contribution is 7.30. The third-order valence-electron chi connectivity index (χ3n) is 1.09. The van der Waals surface area contributed by atoms with Gasteiger partial charge >= 0.3 is 0 Å². The zero-order valence-electron chi connectivity index (χ0n) is 4.92. The molecule has 1 aromatic rings. The van der Waals surface area contributed by atoms with Gasteiger partial charge in [-0.2, -0.15) is 0 Å². The van der Waals surface area contributed by atoms with Gasteiger partial charge in [-0.15, -0.1) is 0 Å². The summed E-state index contributed by atoms with van der Waals surface area (Å²) in [6.45, 7) is 0. The number of hydrogen-bond acceptors (Lipinski definition) is 0. The molecule has 47 valence electrons. The van der Waals surface area contributed by atoms with Crippen LogP contribution in [-0.2, 0) is 6.16 Å². The Labute approximate surface area is 56.0 Å². The van der Waals surface area contributed by atoms with E-state index in [0.29, 0.717) is 6.16 Å². The smallest absolute Gasteiger partial charge is 0.144 e. The largest absolute Gasteiger partial charge is 0.219 e. The van der Waals surface area contributed by atoms with E-state index in [0.717, 1.165) is 5.56 Å². The minimum atomic E-state index is -0.0550. The molecule has 0 N–H and O–H groups in total. The molecule has 0 bridgehead atoms. The molecule has 2 heteroatoms. The molecule has 0 aliphatic heterocycles. The summed E-state index contributed by atoms with van der Waals surface area (Å²) in [6, 6.07) is 9.61.